The van der Waals surface area contributed by atoms with E-state index in [1.807, 2.05) is 30.3 Å². The monoisotopic (exact) mass is 396 g/mol. The van der Waals surface area contributed by atoms with Gasteiger partial charge in [-0.15, -0.1) is 0 Å². The Morgan fingerprint density at radius 2 is 1.46 bits per heavy atom. The number of sulfone groups is 1. The summed E-state index contributed by atoms with van der Waals surface area (Å²) in [4.78, 5) is 11.3. The molecule has 5 heteroatoms. The summed E-state index contributed by atoms with van der Waals surface area (Å²) >= 11 is 0. The minimum atomic E-state index is -3.60. The number of carboxylic acids is 1. The van der Waals surface area contributed by atoms with Crippen LogP contribution in [0.3, 0.4) is 0 Å². The minimum absolute atomic E-state index is 0.182. The number of hydrogen-bond donors (Lipinski definition) is 1. The molecule has 28 heavy (non-hydrogen) atoms. The van der Waals surface area contributed by atoms with Gasteiger partial charge in [-0.2, -0.15) is 0 Å². The summed E-state index contributed by atoms with van der Waals surface area (Å²) in [6.07, 6.45) is 4.02. The lowest BCUT2D eigenvalue weighted by atomic mass is 9.99. The van der Waals surface area contributed by atoms with E-state index in [9.17, 15) is 13.2 Å². The van der Waals surface area contributed by atoms with Crippen LogP contribution in [0, 0.1) is 0 Å². The maximum Gasteiger partial charge on any atom is 0.303 e. The van der Waals surface area contributed by atoms with Crippen LogP contribution >= 0.6 is 0 Å². The van der Waals surface area contributed by atoms with Gasteiger partial charge in [0.1, 0.15) is 0 Å². The van der Waals surface area contributed by atoms with E-state index in [2.05, 4.69) is 0 Å². The first-order chi connectivity index (χ1) is 13.5. The van der Waals surface area contributed by atoms with Crippen molar-refractivity contribution in [2.24, 2.45) is 0 Å². The SMILES string of the molecule is O=C(O)CCCCCCc1c(S(=O)(=O)c2ccccc2)ccc2ccccc12. The predicted octanol–water partition coefficient (Wildman–Crippen LogP) is 5.25. The van der Waals surface area contributed by atoms with E-state index in [0.29, 0.717) is 22.6 Å². The normalized spacial score (nSPS) is 11.6. The van der Waals surface area contributed by atoms with Gasteiger partial charge in [0.15, 0.2) is 0 Å². The van der Waals surface area contributed by atoms with E-state index in [-0.39, 0.29) is 6.42 Å². The summed E-state index contributed by atoms with van der Waals surface area (Å²) in [5.41, 5.74) is 0.847. The highest BCUT2D eigenvalue weighted by Gasteiger charge is 2.22. The molecule has 0 saturated carbocycles. The first kappa shape index (κ1) is 20.1. The van der Waals surface area contributed by atoms with Crippen LogP contribution in [0.5, 0.6) is 0 Å². The Morgan fingerprint density at radius 3 is 2.21 bits per heavy atom. The molecule has 0 aliphatic rings. The molecule has 0 unspecified atom stereocenters. The molecule has 0 aliphatic carbocycles. The topological polar surface area (TPSA) is 71.4 Å². The Labute approximate surface area is 165 Å². The minimum Gasteiger partial charge on any atom is -0.481 e. The van der Waals surface area contributed by atoms with Gasteiger partial charge in [-0.1, -0.05) is 61.4 Å². The zero-order valence-corrected chi connectivity index (χ0v) is 16.5. The van der Waals surface area contributed by atoms with E-state index in [1.165, 1.54) is 0 Å². The van der Waals surface area contributed by atoms with Gasteiger partial charge in [-0.3, -0.25) is 4.79 Å². The molecule has 3 rings (SSSR count). The largest absolute Gasteiger partial charge is 0.481 e. The van der Waals surface area contributed by atoms with Crippen LogP contribution in [0.4, 0.5) is 0 Å². The molecule has 0 saturated heterocycles. The Bertz CT molecular complexity index is 1060. The smallest absolute Gasteiger partial charge is 0.303 e. The van der Waals surface area contributed by atoms with Crippen molar-refractivity contribution < 1.29 is 18.3 Å². The van der Waals surface area contributed by atoms with Crippen molar-refractivity contribution >= 4 is 26.6 Å². The molecule has 146 valence electrons. The molecule has 0 bridgehead atoms. The number of unbranched alkanes of at least 4 members (excludes halogenated alkanes) is 3. The average Bonchev–Trinajstić information content (AvgIpc) is 2.70. The summed E-state index contributed by atoms with van der Waals surface area (Å²) in [7, 11) is -3.60. The second-order valence-corrected chi connectivity index (χ2v) is 8.81. The molecule has 0 fully saturated rings. The third-order valence-corrected chi connectivity index (χ3v) is 6.76. The quantitative estimate of drug-likeness (QED) is 0.502. The molecular weight excluding hydrogens is 372 g/mol. The lowest BCUT2D eigenvalue weighted by Gasteiger charge is -2.14. The summed E-state index contributed by atoms with van der Waals surface area (Å²) in [6, 6.07) is 19.9. The molecule has 0 spiro atoms. The molecule has 0 aliphatic heterocycles. The Morgan fingerprint density at radius 1 is 0.786 bits per heavy atom. The van der Waals surface area contributed by atoms with Gasteiger partial charge in [-0.25, -0.2) is 8.42 Å². The highest BCUT2D eigenvalue weighted by atomic mass is 32.2. The zero-order valence-electron chi connectivity index (χ0n) is 15.7. The van der Waals surface area contributed by atoms with Crippen LogP contribution < -0.4 is 0 Å². The van der Waals surface area contributed by atoms with Gasteiger partial charge in [0.2, 0.25) is 9.84 Å². The maximum absolute atomic E-state index is 13.2. The predicted molar refractivity (Wildman–Crippen MR) is 110 cm³/mol. The first-order valence-corrected chi connectivity index (χ1v) is 11.0. The summed E-state index contributed by atoms with van der Waals surface area (Å²) < 4.78 is 26.5. The number of rotatable bonds is 9. The van der Waals surface area contributed by atoms with Crippen LogP contribution in [-0.4, -0.2) is 19.5 Å². The number of benzene rings is 3. The van der Waals surface area contributed by atoms with E-state index < -0.39 is 15.8 Å². The Balaban J connectivity index is 1.90. The fourth-order valence-electron chi connectivity index (χ4n) is 3.48. The molecular formula is C23H24O4S. The lowest BCUT2D eigenvalue weighted by molar-refractivity contribution is -0.137. The number of carboxylic acid groups (broad SMARTS) is 1. The van der Waals surface area contributed by atoms with Gasteiger partial charge in [0.05, 0.1) is 9.79 Å². The van der Waals surface area contributed by atoms with Crippen LogP contribution in [0.2, 0.25) is 0 Å². The van der Waals surface area contributed by atoms with Crippen molar-refractivity contribution in [2.45, 2.75) is 48.3 Å². The van der Waals surface area contributed by atoms with Crippen molar-refractivity contribution in [3.63, 3.8) is 0 Å². The summed E-state index contributed by atoms with van der Waals surface area (Å²) in [6.45, 7) is 0. The number of fused-ring (bicyclic) bond motifs is 1. The van der Waals surface area contributed by atoms with E-state index in [4.69, 9.17) is 5.11 Å². The molecule has 0 amide bonds. The maximum atomic E-state index is 13.2. The summed E-state index contributed by atoms with van der Waals surface area (Å²) in [5, 5.41) is 10.7. The lowest BCUT2D eigenvalue weighted by Crippen LogP contribution is -2.06. The Hall–Kier alpha value is -2.66. The number of aryl methyl sites for hydroxylation is 1. The van der Waals surface area contributed by atoms with Gasteiger partial charge in [0, 0.05) is 6.42 Å². The van der Waals surface area contributed by atoms with E-state index in [0.717, 1.165) is 35.6 Å². The van der Waals surface area contributed by atoms with Gasteiger partial charge in [0.25, 0.3) is 0 Å². The van der Waals surface area contributed by atoms with E-state index >= 15 is 0 Å². The molecule has 0 aromatic heterocycles. The third kappa shape index (κ3) is 4.60. The molecule has 0 radical (unpaired) electrons. The number of carbonyl (C=O) groups is 1. The average molecular weight is 397 g/mol. The fraction of sp³-hybridized carbons (Fsp3) is 0.261. The van der Waals surface area contributed by atoms with Crippen molar-refractivity contribution in [1.82, 2.24) is 0 Å². The highest BCUT2D eigenvalue weighted by Crippen LogP contribution is 2.31. The van der Waals surface area contributed by atoms with Gasteiger partial charge >= 0.3 is 5.97 Å². The second kappa shape index (κ2) is 9.02. The molecule has 3 aromatic rings. The zero-order chi connectivity index (χ0) is 20.0. The van der Waals surface area contributed by atoms with Gasteiger partial charge < -0.3 is 5.11 Å². The standard InChI is InChI=1S/C23H24O4S/c24-23(25)15-7-2-1-6-14-21-20-13-9-8-10-18(20)16-17-22(21)28(26,27)19-11-4-3-5-12-19/h3-5,8-13,16-17H,1-2,6-7,14-15H2,(H,24,25). The molecule has 3 aromatic carbocycles. The molecule has 4 nitrogen and oxygen atoms in total. The number of aliphatic carboxylic acids is 1. The molecule has 0 atom stereocenters. The number of hydrogen-bond acceptors (Lipinski definition) is 3. The van der Waals surface area contributed by atoms with Gasteiger partial charge in [-0.05, 0) is 53.8 Å². The highest BCUT2D eigenvalue weighted by molar-refractivity contribution is 7.91. The molecule has 1 N–H and O–H groups in total. The third-order valence-electron chi connectivity index (χ3n) is 4.91. The second-order valence-electron chi connectivity index (χ2n) is 6.89. The van der Waals surface area contributed by atoms with Crippen molar-refractivity contribution in [2.75, 3.05) is 0 Å². The van der Waals surface area contributed by atoms with Crippen molar-refractivity contribution in [3.05, 3.63) is 72.3 Å². The fourth-order valence-corrected chi connectivity index (χ4v) is 5.04. The van der Waals surface area contributed by atoms with Crippen LogP contribution in [-0.2, 0) is 21.1 Å². The molecule has 0 heterocycles. The Kier molecular flexibility index (Phi) is 6.47. The van der Waals surface area contributed by atoms with Crippen molar-refractivity contribution in [3.8, 4) is 0 Å². The summed E-state index contributed by atoms with van der Waals surface area (Å²) in [5.74, 6) is -0.773. The van der Waals surface area contributed by atoms with Crippen LogP contribution in [0.15, 0.2) is 76.5 Å². The van der Waals surface area contributed by atoms with Crippen LogP contribution in [0.25, 0.3) is 10.8 Å². The first-order valence-electron chi connectivity index (χ1n) is 9.53. The van der Waals surface area contributed by atoms with Crippen molar-refractivity contribution in [1.29, 1.82) is 0 Å². The van der Waals surface area contributed by atoms with E-state index in [1.54, 1.807) is 36.4 Å². The van der Waals surface area contributed by atoms with Crippen LogP contribution in [0.1, 0.15) is 37.7 Å².